The minimum absolute atomic E-state index is 0.0723. The van der Waals surface area contributed by atoms with E-state index in [1.54, 1.807) is 0 Å². The molecule has 1 aromatic rings. The van der Waals surface area contributed by atoms with Crippen molar-refractivity contribution in [3.8, 4) is 0 Å². The van der Waals surface area contributed by atoms with Crippen molar-refractivity contribution >= 4 is 5.97 Å². The number of alkyl halides is 3. The Kier molecular flexibility index (Phi) is 8.39. The maximum Gasteiger partial charge on any atom is 0.416 e. The van der Waals surface area contributed by atoms with Crippen molar-refractivity contribution in [3.63, 3.8) is 0 Å². The molecule has 0 spiro atoms. The van der Waals surface area contributed by atoms with E-state index in [1.165, 1.54) is 31.4 Å². The Morgan fingerprint density at radius 3 is 2.37 bits per heavy atom. The third kappa shape index (κ3) is 5.47. The molecule has 4 aliphatic carbocycles. The number of hydrogen-bond donors (Lipinski definition) is 2. The number of benzene rings is 1. The predicted molar refractivity (Wildman–Crippen MR) is 152 cm³/mol. The van der Waals surface area contributed by atoms with Crippen molar-refractivity contribution < 1.29 is 32.9 Å². The molecule has 1 aromatic carbocycles. The number of carboxylic acid groups (broad SMARTS) is 1. The fourth-order valence-electron chi connectivity index (χ4n) is 10.6. The molecule has 0 amide bonds. The van der Waals surface area contributed by atoms with Gasteiger partial charge in [0.15, 0.2) is 0 Å². The number of aliphatic carboxylic acids is 1. The van der Waals surface area contributed by atoms with E-state index in [4.69, 9.17) is 9.84 Å². The number of ether oxygens (including phenoxy) is 1. The number of carbonyl (C=O) groups is 1. The lowest BCUT2D eigenvalue weighted by molar-refractivity contribution is -0.201. The largest absolute Gasteiger partial charge is 0.481 e. The van der Waals surface area contributed by atoms with Crippen molar-refractivity contribution in [3.05, 3.63) is 35.4 Å². The van der Waals surface area contributed by atoms with Crippen molar-refractivity contribution in [2.45, 2.75) is 116 Å². The van der Waals surface area contributed by atoms with Gasteiger partial charge in [0.25, 0.3) is 0 Å². The zero-order chi connectivity index (χ0) is 29.8. The molecule has 0 bridgehead atoms. The van der Waals surface area contributed by atoms with Crippen molar-refractivity contribution in [1.82, 2.24) is 0 Å². The highest BCUT2D eigenvalue weighted by molar-refractivity contribution is 5.66. The molecule has 4 nitrogen and oxygen atoms in total. The summed E-state index contributed by atoms with van der Waals surface area (Å²) >= 11 is 0. The highest BCUT2D eigenvalue weighted by Gasteiger charge is 2.64. The number of rotatable bonds is 8. The molecule has 2 N–H and O–H groups in total. The van der Waals surface area contributed by atoms with E-state index in [0.717, 1.165) is 44.2 Å². The van der Waals surface area contributed by atoms with Gasteiger partial charge in [-0.25, -0.2) is 0 Å². The third-order valence-corrected chi connectivity index (χ3v) is 12.7. The van der Waals surface area contributed by atoms with E-state index in [1.807, 2.05) is 0 Å². The normalized spacial score (nSPS) is 41.3. The molecule has 0 radical (unpaired) electrons. The molecule has 0 saturated heterocycles. The number of fused-ring (bicyclic) bond motifs is 5. The smallest absolute Gasteiger partial charge is 0.416 e. The lowest BCUT2D eigenvalue weighted by Crippen LogP contribution is -2.60. The SMILES string of the molecule is CCO[C@@H]1C[C@@H]2C[C@](O)(c3ccc(C(F)(F)F)cc3)CC[C@]2(C)[C@H]2CC[C@]3(C)[C@@H]([C@H](C)CCCC(=O)O)CC[C@H]3[C@H]12. The molecule has 5 rings (SSSR count). The van der Waals surface area contributed by atoms with Crippen LogP contribution in [0, 0.1) is 46.3 Å². The van der Waals surface area contributed by atoms with Gasteiger partial charge in [0.05, 0.1) is 17.3 Å². The highest BCUT2D eigenvalue weighted by atomic mass is 19.4. The summed E-state index contributed by atoms with van der Waals surface area (Å²) in [6, 6.07) is 5.14. The summed E-state index contributed by atoms with van der Waals surface area (Å²) in [4.78, 5) is 11.1. The molecule has 10 atom stereocenters. The molecule has 4 fully saturated rings. The van der Waals surface area contributed by atoms with Crippen LogP contribution in [-0.4, -0.2) is 28.9 Å². The Hall–Kier alpha value is -1.60. The van der Waals surface area contributed by atoms with Crippen molar-refractivity contribution in [2.75, 3.05) is 6.61 Å². The van der Waals surface area contributed by atoms with Crippen molar-refractivity contribution in [2.24, 2.45) is 46.3 Å². The van der Waals surface area contributed by atoms with Crippen LogP contribution in [0.15, 0.2) is 24.3 Å². The first-order chi connectivity index (χ1) is 19.2. The quantitative estimate of drug-likeness (QED) is 0.325. The van der Waals surface area contributed by atoms with Gasteiger partial charge in [-0.3, -0.25) is 4.79 Å². The second-order valence-electron chi connectivity index (χ2n) is 14.5. The summed E-state index contributed by atoms with van der Waals surface area (Å²) in [5.41, 5.74) is -0.903. The monoisotopic (exact) mass is 578 g/mol. The van der Waals surface area contributed by atoms with E-state index in [9.17, 15) is 23.1 Å². The molecule has 0 aliphatic heterocycles. The topological polar surface area (TPSA) is 66.8 Å². The summed E-state index contributed by atoms with van der Waals surface area (Å²) < 4.78 is 46.1. The van der Waals surface area contributed by atoms with Gasteiger partial charge in [-0.15, -0.1) is 0 Å². The first-order valence-corrected chi connectivity index (χ1v) is 16.0. The van der Waals surface area contributed by atoms with Crippen LogP contribution in [0.1, 0.15) is 109 Å². The lowest BCUT2D eigenvalue weighted by atomic mass is 9.42. The highest BCUT2D eigenvalue weighted by Crippen LogP contribution is 2.69. The maximum atomic E-state index is 13.2. The van der Waals surface area contributed by atoms with E-state index < -0.39 is 23.3 Å². The summed E-state index contributed by atoms with van der Waals surface area (Å²) in [5.74, 6) is 2.21. The lowest BCUT2D eigenvalue weighted by Gasteiger charge is -2.64. The standard InChI is InChI=1S/C34H49F3O4/c1-5-41-28-19-24-20-33(40,22-9-11-23(12-10-22)34(35,36)37)18-17-31(24,3)27-15-16-32(4)25(13-14-26(32)30(27)28)21(2)7-6-8-29(38)39/h9-12,21,24-28,30,40H,5-8,13-20H2,1-4H3,(H,38,39)/t21-,24-,25-,26+,27+,28-,30+,31+,32-,33+/m1/s1. The van der Waals surface area contributed by atoms with Crippen LogP contribution in [0.25, 0.3) is 0 Å². The molecule has 0 aromatic heterocycles. The van der Waals surface area contributed by atoms with E-state index in [0.29, 0.717) is 54.6 Å². The summed E-state index contributed by atoms with van der Waals surface area (Å²) in [6.07, 6.45) is 5.29. The minimum atomic E-state index is -4.39. The first-order valence-electron chi connectivity index (χ1n) is 16.0. The number of aliphatic hydroxyl groups is 1. The summed E-state index contributed by atoms with van der Waals surface area (Å²) in [7, 11) is 0. The van der Waals surface area contributed by atoms with Gasteiger partial charge in [0.1, 0.15) is 0 Å². The van der Waals surface area contributed by atoms with Gasteiger partial charge < -0.3 is 14.9 Å². The second-order valence-corrected chi connectivity index (χ2v) is 14.5. The third-order valence-electron chi connectivity index (χ3n) is 12.7. The second kappa shape index (κ2) is 11.2. The number of halogens is 3. The Balaban J connectivity index is 1.37. The van der Waals surface area contributed by atoms with E-state index in [-0.39, 0.29) is 29.3 Å². The molecule has 230 valence electrons. The zero-order valence-corrected chi connectivity index (χ0v) is 25.2. The number of carboxylic acids is 1. The van der Waals surface area contributed by atoms with Crippen LogP contribution < -0.4 is 0 Å². The first kappa shape index (κ1) is 30.8. The van der Waals surface area contributed by atoms with Gasteiger partial charge in [-0.05, 0) is 135 Å². The fourth-order valence-corrected chi connectivity index (χ4v) is 10.6. The summed E-state index contributed by atoms with van der Waals surface area (Å²) in [6.45, 7) is 9.97. The molecule has 41 heavy (non-hydrogen) atoms. The zero-order valence-electron chi connectivity index (χ0n) is 25.2. The van der Waals surface area contributed by atoms with Gasteiger partial charge in [0.2, 0.25) is 0 Å². The van der Waals surface area contributed by atoms with Crippen LogP contribution in [0.3, 0.4) is 0 Å². The molecule has 7 heteroatoms. The Morgan fingerprint density at radius 2 is 1.73 bits per heavy atom. The minimum Gasteiger partial charge on any atom is -0.481 e. The average molecular weight is 579 g/mol. The van der Waals surface area contributed by atoms with Gasteiger partial charge in [-0.2, -0.15) is 13.2 Å². The van der Waals surface area contributed by atoms with Gasteiger partial charge >= 0.3 is 12.1 Å². The Bertz CT molecular complexity index is 1090. The van der Waals surface area contributed by atoms with Crippen LogP contribution in [0.4, 0.5) is 13.2 Å². The maximum absolute atomic E-state index is 13.2. The van der Waals surface area contributed by atoms with Crippen LogP contribution in [0.2, 0.25) is 0 Å². The molecule has 0 heterocycles. The van der Waals surface area contributed by atoms with E-state index >= 15 is 0 Å². The van der Waals surface area contributed by atoms with E-state index in [2.05, 4.69) is 27.7 Å². The van der Waals surface area contributed by atoms with Crippen LogP contribution >= 0.6 is 0 Å². The number of hydrogen-bond acceptors (Lipinski definition) is 3. The average Bonchev–Trinajstić information content (AvgIpc) is 3.26. The van der Waals surface area contributed by atoms with Gasteiger partial charge in [-0.1, -0.05) is 32.9 Å². The predicted octanol–water partition coefficient (Wildman–Crippen LogP) is 8.46. The molecular weight excluding hydrogens is 529 g/mol. The molecule has 0 unspecified atom stereocenters. The van der Waals surface area contributed by atoms with Crippen LogP contribution in [0.5, 0.6) is 0 Å². The Morgan fingerprint density at radius 1 is 1.05 bits per heavy atom. The molecular formula is C34H49F3O4. The Labute approximate surface area is 243 Å². The van der Waals surface area contributed by atoms with Gasteiger partial charge in [0, 0.05) is 13.0 Å². The fraction of sp³-hybridized carbons (Fsp3) is 0.794. The molecule has 4 aliphatic rings. The molecule has 4 saturated carbocycles. The van der Waals surface area contributed by atoms with Crippen molar-refractivity contribution in [1.29, 1.82) is 0 Å². The summed E-state index contributed by atoms with van der Waals surface area (Å²) in [5, 5.41) is 21.0. The van der Waals surface area contributed by atoms with Crippen LogP contribution in [-0.2, 0) is 21.3 Å².